The van der Waals surface area contributed by atoms with E-state index >= 15 is 0 Å². The van der Waals surface area contributed by atoms with Gasteiger partial charge in [-0.3, -0.25) is 9.48 Å². The lowest BCUT2D eigenvalue weighted by atomic mass is 10.2. The molecule has 0 aliphatic heterocycles. The number of likely N-dealkylation sites (N-methyl/N-ethyl adjacent to an activating group) is 1. The second-order valence-corrected chi connectivity index (χ2v) is 3.16. The van der Waals surface area contributed by atoms with Gasteiger partial charge >= 0.3 is 5.97 Å². The fourth-order valence-electron chi connectivity index (χ4n) is 1.28. The van der Waals surface area contributed by atoms with Crippen molar-refractivity contribution < 1.29 is 9.90 Å². The summed E-state index contributed by atoms with van der Waals surface area (Å²) < 4.78 is 1.80. The Bertz CT molecular complexity index is 309. The third-order valence-electron chi connectivity index (χ3n) is 2.21. The molecule has 14 heavy (non-hydrogen) atoms. The third-order valence-corrected chi connectivity index (χ3v) is 2.21. The molecule has 1 aromatic heterocycles. The first-order valence-electron chi connectivity index (χ1n) is 4.53. The number of rotatable bonds is 5. The third kappa shape index (κ3) is 2.56. The van der Waals surface area contributed by atoms with Crippen LogP contribution in [-0.2, 0) is 11.3 Å². The molecule has 0 saturated carbocycles. The summed E-state index contributed by atoms with van der Waals surface area (Å²) in [6.07, 6.45) is 2.25. The fraction of sp³-hybridized carbons (Fsp3) is 0.556. The number of aromatic nitrogens is 2. The van der Waals surface area contributed by atoms with Crippen molar-refractivity contribution in [2.75, 3.05) is 7.05 Å². The molecule has 0 amide bonds. The van der Waals surface area contributed by atoms with E-state index in [0.717, 1.165) is 5.69 Å². The van der Waals surface area contributed by atoms with Crippen LogP contribution < -0.4 is 5.32 Å². The molecule has 0 aliphatic rings. The topological polar surface area (TPSA) is 67.2 Å². The molecule has 2 N–H and O–H groups in total. The van der Waals surface area contributed by atoms with Gasteiger partial charge in [0.25, 0.3) is 0 Å². The summed E-state index contributed by atoms with van der Waals surface area (Å²) in [6, 6.07) is 1.40. The molecule has 0 spiro atoms. The Morgan fingerprint density at radius 3 is 2.93 bits per heavy atom. The minimum absolute atomic E-state index is 0.501. The zero-order valence-electron chi connectivity index (χ0n) is 8.40. The smallest absolute Gasteiger partial charge is 0.320 e. The molecule has 1 aromatic rings. The van der Waals surface area contributed by atoms with E-state index in [2.05, 4.69) is 10.4 Å². The molecule has 1 heterocycles. The Kier molecular flexibility index (Phi) is 3.64. The number of aliphatic carboxylic acids is 1. The Morgan fingerprint density at radius 2 is 2.50 bits per heavy atom. The molecule has 0 aromatic carbocycles. The van der Waals surface area contributed by atoms with Gasteiger partial charge in [-0.1, -0.05) is 0 Å². The Hall–Kier alpha value is -1.36. The van der Waals surface area contributed by atoms with Crippen LogP contribution in [0.15, 0.2) is 12.3 Å². The van der Waals surface area contributed by atoms with Gasteiger partial charge in [0.15, 0.2) is 0 Å². The van der Waals surface area contributed by atoms with E-state index in [9.17, 15) is 4.79 Å². The highest BCUT2D eigenvalue weighted by Crippen LogP contribution is 2.00. The van der Waals surface area contributed by atoms with Gasteiger partial charge in [0, 0.05) is 18.4 Å². The number of aryl methyl sites for hydroxylation is 2. The number of carbonyl (C=O) groups is 1. The van der Waals surface area contributed by atoms with E-state index in [1.165, 1.54) is 0 Å². The van der Waals surface area contributed by atoms with E-state index in [1.807, 2.05) is 13.0 Å². The van der Waals surface area contributed by atoms with Crippen molar-refractivity contribution in [1.82, 2.24) is 15.1 Å². The molecular weight excluding hydrogens is 182 g/mol. The molecule has 1 unspecified atom stereocenters. The monoisotopic (exact) mass is 197 g/mol. The van der Waals surface area contributed by atoms with Gasteiger partial charge in [-0.05, 0) is 26.5 Å². The van der Waals surface area contributed by atoms with Crippen LogP contribution in [-0.4, -0.2) is 33.9 Å². The van der Waals surface area contributed by atoms with E-state index in [1.54, 1.807) is 17.9 Å². The van der Waals surface area contributed by atoms with Crippen LogP contribution in [0.3, 0.4) is 0 Å². The largest absolute Gasteiger partial charge is 0.480 e. The first-order valence-corrected chi connectivity index (χ1v) is 4.53. The lowest BCUT2D eigenvalue weighted by Gasteiger charge is -2.11. The maximum absolute atomic E-state index is 10.7. The van der Waals surface area contributed by atoms with Crippen LogP contribution in [0.5, 0.6) is 0 Å². The second kappa shape index (κ2) is 4.76. The van der Waals surface area contributed by atoms with Gasteiger partial charge in [-0.15, -0.1) is 0 Å². The lowest BCUT2D eigenvalue weighted by molar-refractivity contribution is -0.139. The summed E-state index contributed by atoms with van der Waals surface area (Å²) >= 11 is 0. The minimum Gasteiger partial charge on any atom is -0.480 e. The van der Waals surface area contributed by atoms with Crippen molar-refractivity contribution in [1.29, 1.82) is 0 Å². The van der Waals surface area contributed by atoms with Gasteiger partial charge in [-0.25, -0.2) is 0 Å². The standard InChI is InChI=1S/C9H15N3O2/c1-7-3-5-11-12(7)6-4-8(10-2)9(13)14/h3,5,8,10H,4,6H2,1-2H3,(H,13,14). The predicted molar refractivity (Wildman–Crippen MR) is 52.1 cm³/mol. The van der Waals surface area contributed by atoms with E-state index in [-0.39, 0.29) is 0 Å². The summed E-state index contributed by atoms with van der Waals surface area (Å²) in [5, 5.41) is 15.6. The van der Waals surface area contributed by atoms with Gasteiger partial charge in [-0.2, -0.15) is 5.10 Å². The zero-order chi connectivity index (χ0) is 10.6. The number of nitrogens with zero attached hydrogens (tertiary/aromatic N) is 2. The molecule has 0 saturated heterocycles. The van der Waals surface area contributed by atoms with Gasteiger partial charge in [0.1, 0.15) is 6.04 Å². The van der Waals surface area contributed by atoms with Crippen molar-refractivity contribution >= 4 is 5.97 Å². The summed E-state index contributed by atoms with van der Waals surface area (Å²) in [5.41, 5.74) is 1.05. The molecule has 1 rings (SSSR count). The molecule has 0 aliphatic carbocycles. The highest BCUT2D eigenvalue weighted by molar-refractivity contribution is 5.73. The average molecular weight is 197 g/mol. The summed E-state index contributed by atoms with van der Waals surface area (Å²) in [5.74, 6) is -0.822. The number of carboxylic acid groups (broad SMARTS) is 1. The molecule has 0 radical (unpaired) electrons. The maximum atomic E-state index is 10.7. The van der Waals surface area contributed by atoms with Crippen molar-refractivity contribution in [3.63, 3.8) is 0 Å². The second-order valence-electron chi connectivity index (χ2n) is 3.16. The number of hydrogen-bond donors (Lipinski definition) is 2. The molecule has 5 heteroatoms. The molecular formula is C9H15N3O2. The first-order chi connectivity index (χ1) is 6.65. The molecule has 1 atom stereocenters. The van der Waals surface area contributed by atoms with Crippen molar-refractivity contribution in [2.45, 2.75) is 25.9 Å². The van der Waals surface area contributed by atoms with Crippen molar-refractivity contribution in [3.8, 4) is 0 Å². The van der Waals surface area contributed by atoms with Gasteiger partial charge in [0.2, 0.25) is 0 Å². The van der Waals surface area contributed by atoms with E-state index in [0.29, 0.717) is 13.0 Å². The normalized spacial score (nSPS) is 12.7. The van der Waals surface area contributed by atoms with Crippen molar-refractivity contribution in [2.24, 2.45) is 0 Å². The van der Waals surface area contributed by atoms with Crippen LogP contribution >= 0.6 is 0 Å². The quantitative estimate of drug-likeness (QED) is 0.710. The fourth-order valence-corrected chi connectivity index (χ4v) is 1.28. The summed E-state index contributed by atoms with van der Waals surface area (Å²) in [6.45, 7) is 2.57. The average Bonchev–Trinajstić information content (AvgIpc) is 2.52. The number of nitrogens with one attached hydrogen (secondary N) is 1. The Balaban J connectivity index is 2.47. The zero-order valence-corrected chi connectivity index (χ0v) is 8.40. The van der Waals surface area contributed by atoms with Crippen LogP contribution in [0.25, 0.3) is 0 Å². The van der Waals surface area contributed by atoms with Crippen LogP contribution in [0.4, 0.5) is 0 Å². The van der Waals surface area contributed by atoms with E-state index in [4.69, 9.17) is 5.11 Å². The first kappa shape index (κ1) is 10.7. The molecule has 0 fully saturated rings. The molecule has 5 nitrogen and oxygen atoms in total. The van der Waals surface area contributed by atoms with Gasteiger partial charge < -0.3 is 10.4 Å². The minimum atomic E-state index is -0.822. The summed E-state index contributed by atoms with van der Waals surface area (Å²) in [4.78, 5) is 10.7. The van der Waals surface area contributed by atoms with Crippen molar-refractivity contribution in [3.05, 3.63) is 18.0 Å². The van der Waals surface area contributed by atoms with Gasteiger partial charge in [0.05, 0.1) is 0 Å². The SMILES string of the molecule is CNC(CCn1nccc1C)C(=O)O. The van der Waals surface area contributed by atoms with E-state index < -0.39 is 12.0 Å². The lowest BCUT2D eigenvalue weighted by Crippen LogP contribution is -2.34. The number of hydrogen-bond acceptors (Lipinski definition) is 3. The summed E-state index contributed by atoms with van der Waals surface area (Å²) in [7, 11) is 1.65. The highest BCUT2D eigenvalue weighted by Gasteiger charge is 2.14. The maximum Gasteiger partial charge on any atom is 0.320 e. The Morgan fingerprint density at radius 1 is 1.79 bits per heavy atom. The van der Waals surface area contributed by atoms with Crippen LogP contribution in [0.2, 0.25) is 0 Å². The number of carboxylic acids is 1. The Labute approximate surface area is 82.7 Å². The predicted octanol–water partition coefficient (Wildman–Crippen LogP) is 0.254. The highest BCUT2D eigenvalue weighted by atomic mass is 16.4. The molecule has 78 valence electrons. The van der Waals surface area contributed by atoms with Crippen LogP contribution in [0.1, 0.15) is 12.1 Å². The van der Waals surface area contributed by atoms with Crippen LogP contribution in [0, 0.1) is 6.92 Å². The molecule has 0 bridgehead atoms.